The van der Waals surface area contributed by atoms with Gasteiger partial charge in [-0.3, -0.25) is 0 Å². The van der Waals surface area contributed by atoms with Crippen molar-refractivity contribution >= 4 is 5.82 Å². The average Bonchev–Trinajstić information content (AvgIpc) is 3.05. The lowest BCUT2D eigenvalue weighted by Crippen LogP contribution is -2.10. The Kier molecular flexibility index (Phi) is 2.83. The highest BCUT2D eigenvalue weighted by Gasteiger charge is 2.27. The molecule has 0 atom stereocenters. The van der Waals surface area contributed by atoms with Crippen molar-refractivity contribution < 1.29 is 9.47 Å². The molecule has 1 aromatic rings. The summed E-state index contributed by atoms with van der Waals surface area (Å²) in [6.07, 6.45) is 3.53. The predicted octanol–water partition coefficient (Wildman–Crippen LogP) is 1.23. The van der Waals surface area contributed by atoms with Gasteiger partial charge in [0.05, 0.1) is 5.56 Å². The van der Waals surface area contributed by atoms with Crippen LogP contribution in [0.25, 0.3) is 0 Å². The number of aromatic nitrogens is 2. The highest BCUT2D eigenvalue weighted by Crippen LogP contribution is 2.38. The van der Waals surface area contributed by atoms with Crippen LogP contribution in [0.15, 0.2) is 6.20 Å². The van der Waals surface area contributed by atoms with Gasteiger partial charge in [0.1, 0.15) is 11.6 Å². The number of nitrogens with two attached hydrogens (primary N) is 1. The first-order valence-electron chi connectivity index (χ1n) is 4.94. The van der Waals surface area contributed by atoms with Gasteiger partial charge in [-0.05, 0) is 12.8 Å². The van der Waals surface area contributed by atoms with Gasteiger partial charge >= 0.3 is 0 Å². The lowest BCUT2D eigenvalue weighted by molar-refractivity contribution is -0.105. The van der Waals surface area contributed by atoms with E-state index in [-0.39, 0.29) is 0 Å². The summed E-state index contributed by atoms with van der Waals surface area (Å²) in [5.74, 6) is 1.78. The monoisotopic (exact) mass is 209 g/mol. The van der Waals surface area contributed by atoms with Crippen LogP contribution >= 0.6 is 0 Å². The van der Waals surface area contributed by atoms with E-state index < -0.39 is 6.29 Å². The van der Waals surface area contributed by atoms with Gasteiger partial charge in [0.2, 0.25) is 0 Å². The van der Waals surface area contributed by atoms with Gasteiger partial charge in [0, 0.05) is 26.3 Å². The summed E-state index contributed by atoms with van der Waals surface area (Å²) >= 11 is 0. The van der Waals surface area contributed by atoms with Gasteiger partial charge in [0.25, 0.3) is 0 Å². The van der Waals surface area contributed by atoms with Crippen LogP contribution in [0.3, 0.4) is 0 Å². The van der Waals surface area contributed by atoms with Crippen LogP contribution in [-0.2, 0) is 9.47 Å². The molecular formula is C10H15N3O2. The molecule has 1 aliphatic carbocycles. The fourth-order valence-electron chi connectivity index (χ4n) is 1.49. The van der Waals surface area contributed by atoms with Crippen molar-refractivity contribution in [3.8, 4) is 0 Å². The summed E-state index contributed by atoms with van der Waals surface area (Å²) in [5, 5.41) is 0. The van der Waals surface area contributed by atoms with E-state index in [9.17, 15) is 0 Å². The van der Waals surface area contributed by atoms with Gasteiger partial charge in [-0.1, -0.05) is 0 Å². The summed E-state index contributed by atoms with van der Waals surface area (Å²) < 4.78 is 10.2. The summed E-state index contributed by atoms with van der Waals surface area (Å²) in [4.78, 5) is 8.53. The predicted molar refractivity (Wildman–Crippen MR) is 55.2 cm³/mol. The van der Waals surface area contributed by atoms with Crippen LogP contribution in [0.4, 0.5) is 5.82 Å². The van der Waals surface area contributed by atoms with Crippen molar-refractivity contribution in [2.45, 2.75) is 25.0 Å². The van der Waals surface area contributed by atoms with E-state index in [4.69, 9.17) is 15.2 Å². The minimum Gasteiger partial charge on any atom is -0.383 e. The maximum atomic E-state index is 5.83. The van der Waals surface area contributed by atoms with E-state index in [1.165, 1.54) is 0 Å². The van der Waals surface area contributed by atoms with Gasteiger partial charge < -0.3 is 15.2 Å². The maximum absolute atomic E-state index is 5.83. The molecule has 82 valence electrons. The molecular weight excluding hydrogens is 194 g/mol. The molecule has 0 spiro atoms. The zero-order valence-electron chi connectivity index (χ0n) is 8.93. The van der Waals surface area contributed by atoms with E-state index in [0.717, 1.165) is 18.7 Å². The Morgan fingerprint density at radius 3 is 2.53 bits per heavy atom. The number of nitrogens with zero attached hydrogens (tertiary/aromatic N) is 2. The number of rotatable bonds is 4. The second-order valence-corrected chi connectivity index (χ2v) is 3.65. The topological polar surface area (TPSA) is 70.3 Å². The largest absolute Gasteiger partial charge is 0.383 e. The highest BCUT2D eigenvalue weighted by atomic mass is 16.7. The smallest absolute Gasteiger partial charge is 0.188 e. The Morgan fingerprint density at radius 2 is 2.07 bits per heavy atom. The molecule has 0 unspecified atom stereocenters. The van der Waals surface area contributed by atoms with Gasteiger partial charge in [-0.15, -0.1) is 0 Å². The standard InChI is InChI=1S/C10H15N3O2/c1-14-10(15-2)7-5-12-9(6-3-4-6)13-8(7)11/h5-6,10H,3-4H2,1-2H3,(H2,11,12,13). The third-order valence-electron chi connectivity index (χ3n) is 2.49. The van der Waals surface area contributed by atoms with E-state index >= 15 is 0 Å². The molecule has 0 saturated heterocycles. The lowest BCUT2D eigenvalue weighted by atomic mass is 10.3. The Morgan fingerprint density at radius 1 is 1.40 bits per heavy atom. The molecule has 1 aliphatic rings. The first-order valence-corrected chi connectivity index (χ1v) is 4.94. The molecule has 15 heavy (non-hydrogen) atoms. The van der Waals surface area contributed by atoms with Crippen molar-refractivity contribution in [2.75, 3.05) is 20.0 Å². The number of hydrogen-bond acceptors (Lipinski definition) is 5. The average molecular weight is 209 g/mol. The van der Waals surface area contributed by atoms with Crippen molar-refractivity contribution in [3.63, 3.8) is 0 Å². The normalized spacial score (nSPS) is 15.9. The number of ether oxygens (including phenoxy) is 2. The van der Waals surface area contributed by atoms with E-state index in [1.54, 1.807) is 20.4 Å². The molecule has 1 saturated carbocycles. The molecule has 2 N–H and O–H groups in total. The Bertz CT molecular complexity index is 349. The maximum Gasteiger partial charge on any atom is 0.188 e. The Balaban J connectivity index is 2.24. The zero-order chi connectivity index (χ0) is 10.8. The highest BCUT2D eigenvalue weighted by molar-refractivity contribution is 5.39. The number of methoxy groups -OCH3 is 2. The van der Waals surface area contributed by atoms with Crippen LogP contribution in [-0.4, -0.2) is 24.2 Å². The molecule has 2 rings (SSSR count). The quantitative estimate of drug-likeness (QED) is 0.755. The Hall–Kier alpha value is -1.20. The molecule has 0 aromatic carbocycles. The molecule has 0 aliphatic heterocycles. The molecule has 0 amide bonds. The van der Waals surface area contributed by atoms with E-state index in [1.807, 2.05) is 0 Å². The summed E-state index contributed by atoms with van der Waals surface area (Å²) in [7, 11) is 3.12. The van der Waals surface area contributed by atoms with Crippen molar-refractivity contribution in [2.24, 2.45) is 0 Å². The van der Waals surface area contributed by atoms with Crippen molar-refractivity contribution in [1.29, 1.82) is 0 Å². The number of anilines is 1. The van der Waals surface area contributed by atoms with Crippen LogP contribution in [0.5, 0.6) is 0 Å². The molecule has 1 heterocycles. The second kappa shape index (κ2) is 4.12. The molecule has 5 heteroatoms. The number of hydrogen-bond donors (Lipinski definition) is 1. The van der Waals surface area contributed by atoms with Crippen LogP contribution in [0, 0.1) is 0 Å². The third kappa shape index (κ3) is 2.08. The van der Waals surface area contributed by atoms with Gasteiger partial charge in [-0.25, -0.2) is 9.97 Å². The van der Waals surface area contributed by atoms with E-state index in [2.05, 4.69) is 9.97 Å². The zero-order valence-corrected chi connectivity index (χ0v) is 8.93. The summed E-state index contributed by atoms with van der Waals surface area (Å²) in [5.41, 5.74) is 6.51. The van der Waals surface area contributed by atoms with Gasteiger partial charge in [-0.2, -0.15) is 0 Å². The van der Waals surface area contributed by atoms with Gasteiger partial charge in [0.15, 0.2) is 6.29 Å². The minimum absolute atomic E-state index is 0.445. The fraction of sp³-hybridized carbons (Fsp3) is 0.600. The van der Waals surface area contributed by atoms with Crippen molar-refractivity contribution in [1.82, 2.24) is 9.97 Å². The lowest BCUT2D eigenvalue weighted by Gasteiger charge is -2.14. The van der Waals surface area contributed by atoms with E-state index in [0.29, 0.717) is 17.3 Å². The van der Waals surface area contributed by atoms with Crippen LogP contribution < -0.4 is 5.73 Å². The SMILES string of the molecule is COC(OC)c1cnc(C2CC2)nc1N. The first kappa shape index (κ1) is 10.3. The second-order valence-electron chi connectivity index (χ2n) is 3.65. The summed E-state index contributed by atoms with van der Waals surface area (Å²) in [6, 6.07) is 0. The van der Waals surface area contributed by atoms with Crippen LogP contribution in [0.2, 0.25) is 0 Å². The summed E-state index contributed by atoms with van der Waals surface area (Å²) in [6.45, 7) is 0. The fourth-order valence-corrected chi connectivity index (χ4v) is 1.49. The minimum atomic E-state index is -0.488. The third-order valence-corrected chi connectivity index (χ3v) is 2.49. The molecule has 1 aromatic heterocycles. The molecule has 0 radical (unpaired) electrons. The molecule has 5 nitrogen and oxygen atoms in total. The molecule has 1 fully saturated rings. The van der Waals surface area contributed by atoms with Crippen LogP contribution in [0.1, 0.15) is 36.4 Å². The molecule has 0 bridgehead atoms. The number of nitrogen functional groups attached to an aromatic ring is 1. The Labute approximate surface area is 88.6 Å². The first-order chi connectivity index (χ1) is 7.26. The van der Waals surface area contributed by atoms with Crippen molar-refractivity contribution in [3.05, 3.63) is 17.6 Å².